The SMILES string of the molecule is CN(C(=O)OC(C)(C)C)[C@@H](COCc1ccccc1)CO[Si](C)(C)C(C)(C)C.CN(C)C=O. The molecule has 0 aliphatic rings. The van der Waals surface area contributed by atoms with Crippen molar-refractivity contribution in [3.05, 3.63) is 35.9 Å². The predicted octanol–water partition coefficient (Wildman–Crippen LogP) is 5.16. The fourth-order valence-electron chi connectivity index (χ4n) is 2.16. The number of hydrogen-bond acceptors (Lipinski definition) is 5. The van der Waals surface area contributed by atoms with Crippen molar-refractivity contribution in [2.45, 2.75) is 77.9 Å². The van der Waals surface area contributed by atoms with E-state index in [2.05, 4.69) is 33.9 Å². The Morgan fingerprint density at radius 2 is 1.52 bits per heavy atom. The molecule has 0 spiro atoms. The lowest BCUT2D eigenvalue weighted by Gasteiger charge is -2.38. The van der Waals surface area contributed by atoms with E-state index in [-0.39, 0.29) is 17.2 Å². The van der Waals surface area contributed by atoms with E-state index in [1.807, 2.05) is 51.1 Å². The van der Waals surface area contributed by atoms with Gasteiger partial charge in [0, 0.05) is 21.1 Å². The van der Waals surface area contributed by atoms with E-state index in [4.69, 9.17) is 13.9 Å². The predicted molar refractivity (Wildman–Crippen MR) is 137 cm³/mol. The number of nitrogens with zero attached hydrogens (tertiary/aromatic N) is 2. The Bertz CT molecular complexity index is 697. The molecular formula is C25H46N2O5Si. The first-order valence-corrected chi connectivity index (χ1v) is 14.2. The van der Waals surface area contributed by atoms with Crippen LogP contribution in [0.4, 0.5) is 4.79 Å². The first-order chi connectivity index (χ1) is 15.0. The van der Waals surface area contributed by atoms with Gasteiger partial charge in [0.2, 0.25) is 6.41 Å². The third-order valence-corrected chi connectivity index (χ3v) is 9.81. The fourth-order valence-corrected chi connectivity index (χ4v) is 3.20. The van der Waals surface area contributed by atoms with Crippen molar-refractivity contribution in [2.75, 3.05) is 34.4 Å². The van der Waals surface area contributed by atoms with Gasteiger partial charge in [-0.15, -0.1) is 0 Å². The maximum absolute atomic E-state index is 12.6. The number of rotatable bonds is 9. The van der Waals surface area contributed by atoms with Crippen LogP contribution in [0.3, 0.4) is 0 Å². The molecule has 7 nitrogen and oxygen atoms in total. The van der Waals surface area contributed by atoms with Crippen LogP contribution >= 0.6 is 0 Å². The van der Waals surface area contributed by atoms with Crippen LogP contribution in [0, 0.1) is 0 Å². The lowest BCUT2D eigenvalue weighted by Crippen LogP contribution is -2.49. The summed E-state index contributed by atoms with van der Waals surface area (Å²) in [6.45, 7) is 18.0. The molecule has 2 amide bonds. The number of amides is 2. The number of likely N-dealkylation sites (N-methyl/N-ethyl adjacent to an activating group) is 1. The number of carbonyl (C=O) groups is 2. The largest absolute Gasteiger partial charge is 0.444 e. The summed E-state index contributed by atoms with van der Waals surface area (Å²) >= 11 is 0. The molecule has 0 unspecified atom stereocenters. The molecule has 0 radical (unpaired) electrons. The van der Waals surface area contributed by atoms with Crippen LogP contribution in [0.1, 0.15) is 47.1 Å². The summed E-state index contributed by atoms with van der Waals surface area (Å²) in [4.78, 5) is 25.0. The average Bonchev–Trinajstić information content (AvgIpc) is 2.69. The minimum atomic E-state index is -1.93. The third-order valence-electron chi connectivity index (χ3n) is 5.30. The van der Waals surface area contributed by atoms with Crippen molar-refractivity contribution in [2.24, 2.45) is 0 Å². The minimum Gasteiger partial charge on any atom is -0.444 e. The molecule has 1 atom stereocenters. The van der Waals surface area contributed by atoms with Crippen molar-refractivity contribution in [3.63, 3.8) is 0 Å². The molecule has 0 aliphatic carbocycles. The summed E-state index contributed by atoms with van der Waals surface area (Å²) in [5, 5.41) is 0.104. The van der Waals surface area contributed by atoms with E-state index in [9.17, 15) is 9.59 Å². The molecule has 1 rings (SSSR count). The lowest BCUT2D eigenvalue weighted by atomic mass is 10.2. The van der Waals surface area contributed by atoms with Crippen LogP contribution in [0.25, 0.3) is 0 Å². The average molecular weight is 483 g/mol. The fraction of sp³-hybridized carbons (Fsp3) is 0.680. The first kappa shape index (κ1) is 31.1. The Morgan fingerprint density at radius 1 is 1.00 bits per heavy atom. The summed E-state index contributed by atoms with van der Waals surface area (Å²) < 4.78 is 17.8. The zero-order valence-electron chi connectivity index (χ0n) is 22.6. The van der Waals surface area contributed by atoms with Crippen LogP contribution in [0.5, 0.6) is 0 Å². The van der Waals surface area contributed by atoms with Gasteiger partial charge >= 0.3 is 6.09 Å². The quantitative estimate of drug-likeness (QED) is 0.359. The maximum Gasteiger partial charge on any atom is 0.410 e. The van der Waals surface area contributed by atoms with Gasteiger partial charge in [-0.2, -0.15) is 0 Å². The van der Waals surface area contributed by atoms with Crippen molar-refractivity contribution in [1.29, 1.82) is 0 Å². The maximum atomic E-state index is 12.6. The Kier molecular flexibility index (Phi) is 12.9. The molecule has 0 saturated carbocycles. The summed E-state index contributed by atoms with van der Waals surface area (Å²) in [5.74, 6) is 0. The molecule has 0 saturated heterocycles. The van der Waals surface area contributed by atoms with E-state index in [1.54, 1.807) is 26.0 Å². The smallest absolute Gasteiger partial charge is 0.410 e. The van der Waals surface area contributed by atoms with Gasteiger partial charge in [-0.05, 0) is 44.5 Å². The van der Waals surface area contributed by atoms with Gasteiger partial charge in [-0.1, -0.05) is 51.1 Å². The summed E-state index contributed by atoms with van der Waals surface area (Å²) in [6.07, 6.45) is 0.389. The Balaban J connectivity index is 0.00000184. The molecule has 0 aliphatic heterocycles. The standard InChI is InChI=1S/C22H39NO4Si.C3H7NO/c1-21(2,3)27-20(24)23(7)19(17-26-28(8,9)22(4,5)6)16-25-15-18-13-11-10-12-14-18;1-4(2)3-5/h10-14,19H,15-17H2,1-9H3;3H,1-2H3/t19-;/m0./s1. The van der Waals surface area contributed by atoms with Gasteiger partial charge in [0.25, 0.3) is 0 Å². The molecule has 190 valence electrons. The molecule has 1 aromatic rings. The topological polar surface area (TPSA) is 68.3 Å². The highest BCUT2D eigenvalue weighted by molar-refractivity contribution is 6.74. The molecule has 0 N–H and O–H groups in total. The molecule has 0 aromatic heterocycles. The van der Waals surface area contributed by atoms with Gasteiger partial charge in [0.1, 0.15) is 5.60 Å². The second-order valence-electron chi connectivity index (χ2n) is 10.9. The zero-order chi connectivity index (χ0) is 25.9. The second-order valence-corrected chi connectivity index (χ2v) is 15.7. The second kappa shape index (κ2) is 13.7. The molecule has 0 fully saturated rings. The number of benzene rings is 1. The van der Waals surface area contributed by atoms with Gasteiger partial charge in [-0.25, -0.2) is 4.79 Å². The van der Waals surface area contributed by atoms with Crippen LogP contribution < -0.4 is 0 Å². The van der Waals surface area contributed by atoms with Gasteiger partial charge < -0.3 is 23.7 Å². The minimum absolute atomic E-state index is 0.104. The van der Waals surface area contributed by atoms with Crippen LogP contribution in [0.15, 0.2) is 30.3 Å². The van der Waals surface area contributed by atoms with E-state index in [0.29, 0.717) is 19.8 Å². The summed E-state index contributed by atoms with van der Waals surface area (Å²) in [5.41, 5.74) is 0.563. The molecule has 1 aromatic carbocycles. The summed E-state index contributed by atoms with van der Waals surface area (Å²) in [7, 11) is 3.19. The van der Waals surface area contributed by atoms with Crippen LogP contribution in [-0.4, -0.2) is 76.6 Å². The first-order valence-electron chi connectivity index (χ1n) is 11.3. The Labute approximate surface area is 202 Å². The van der Waals surface area contributed by atoms with Crippen molar-refractivity contribution >= 4 is 20.8 Å². The zero-order valence-corrected chi connectivity index (χ0v) is 23.6. The van der Waals surface area contributed by atoms with Gasteiger partial charge in [0.05, 0.1) is 25.9 Å². The molecule has 8 heteroatoms. The highest BCUT2D eigenvalue weighted by Gasteiger charge is 2.38. The van der Waals surface area contributed by atoms with Crippen LogP contribution in [-0.2, 0) is 25.3 Å². The Morgan fingerprint density at radius 3 is 1.94 bits per heavy atom. The molecule has 33 heavy (non-hydrogen) atoms. The van der Waals surface area contributed by atoms with Gasteiger partial charge in [-0.3, -0.25) is 4.79 Å². The number of carbonyl (C=O) groups excluding carboxylic acids is 2. The van der Waals surface area contributed by atoms with Crippen LogP contribution in [0.2, 0.25) is 18.1 Å². The van der Waals surface area contributed by atoms with Crippen molar-refractivity contribution in [3.8, 4) is 0 Å². The summed E-state index contributed by atoms with van der Waals surface area (Å²) in [6, 6.07) is 9.80. The van der Waals surface area contributed by atoms with Crippen molar-refractivity contribution < 1.29 is 23.5 Å². The van der Waals surface area contributed by atoms with E-state index >= 15 is 0 Å². The van der Waals surface area contributed by atoms with E-state index < -0.39 is 13.9 Å². The molecular weight excluding hydrogens is 436 g/mol. The lowest BCUT2D eigenvalue weighted by molar-refractivity contribution is -0.115. The molecule has 0 heterocycles. The normalized spacial score (nSPS) is 12.8. The Hall–Kier alpha value is -1.90. The monoisotopic (exact) mass is 482 g/mol. The number of ether oxygens (including phenoxy) is 2. The van der Waals surface area contributed by atoms with E-state index in [0.717, 1.165) is 12.0 Å². The van der Waals surface area contributed by atoms with Crippen molar-refractivity contribution in [1.82, 2.24) is 9.80 Å². The highest BCUT2D eigenvalue weighted by atomic mass is 28.4. The van der Waals surface area contributed by atoms with E-state index in [1.165, 1.54) is 4.90 Å². The molecule has 0 bridgehead atoms. The highest BCUT2D eigenvalue weighted by Crippen LogP contribution is 2.36. The van der Waals surface area contributed by atoms with Gasteiger partial charge in [0.15, 0.2) is 8.32 Å². The number of hydrogen-bond donors (Lipinski definition) is 0. The third kappa shape index (κ3) is 13.4.